The number of methoxy groups -OCH3 is 1. The van der Waals surface area contributed by atoms with Crippen LogP contribution in [0.5, 0.6) is 0 Å². The summed E-state index contributed by atoms with van der Waals surface area (Å²) in [6, 6.07) is 7.28. The third-order valence-corrected chi connectivity index (χ3v) is 3.55. The Morgan fingerprint density at radius 1 is 1.33 bits per heavy atom. The molecule has 1 aromatic rings. The van der Waals surface area contributed by atoms with Gasteiger partial charge in [-0.25, -0.2) is 0 Å². The molecule has 0 aromatic heterocycles. The molecule has 3 N–H and O–H groups in total. The van der Waals surface area contributed by atoms with E-state index in [9.17, 15) is 9.59 Å². The maximum Gasteiger partial charge on any atom is 0.250 e. The lowest BCUT2D eigenvalue weighted by molar-refractivity contribution is -0.120. The highest BCUT2D eigenvalue weighted by Gasteiger charge is 2.29. The maximum atomic E-state index is 12.2. The highest BCUT2D eigenvalue weighted by molar-refractivity contribution is 5.95. The molecule has 1 heterocycles. The summed E-state index contributed by atoms with van der Waals surface area (Å²) in [5.41, 5.74) is 1.31. The van der Waals surface area contributed by atoms with E-state index in [0.29, 0.717) is 11.4 Å². The van der Waals surface area contributed by atoms with Gasteiger partial charge < -0.3 is 20.7 Å². The van der Waals surface area contributed by atoms with E-state index < -0.39 is 0 Å². The van der Waals surface area contributed by atoms with Gasteiger partial charge in [0.25, 0.3) is 0 Å². The van der Waals surface area contributed by atoms with Crippen molar-refractivity contribution in [3.63, 3.8) is 0 Å². The molecular formula is C15H21N3O3. The van der Waals surface area contributed by atoms with Crippen molar-refractivity contribution < 1.29 is 14.3 Å². The van der Waals surface area contributed by atoms with Crippen molar-refractivity contribution in [3.05, 3.63) is 24.3 Å². The second kappa shape index (κ2) is 7.19. The van der Waals surface area contributed by atoms with Gasteiger partial charge in [0.2, 0.25) is 11.8 Å². The zero-order valence-electron chi connectivity index (χ0n) is 12.3. The van der Waals surface area contributed by atoms with Crippen LogP contribution in [0.15, 0.2) is 24.3 Å². The largest absolute Gasteiger partial charge is 0.375 e. The summed E-state index contributed by atoms with van der Waals surface area (Å²) < 4.78 is 4.76. The molecule has 0 aliphatic carbocycles. The third-order valence-electron chi connectivity index (χ3n) is 3.55. The number of carbonyl (C=O) groups is 2. The second-order valence-corrected chi connectivity index (χ2v) is 5.19. The molecule has 1 saturated heterocycles. The molecule has 1 aliphatic heterocycles. The first-order valence-electron chi connectivity index (χ1n) is 7.03. The van der Waals surface area contributed by atoms with Crippen LogP contribution in [-0.2, 0) is 14.3 Å². The third kappa shape index (κ3) is 4.27. The monoisotopic (exact) mass is 291 g/mol. The van der Waals surface area contributed by atoms with Crippen LogP contribution in [0.2, 0.25) is 0 Å². The lowest BCUT2D eigenvalue weighted by Crippen LogP contribution is -2.32. The Hall–Kier alpha value is -1.92. The minimum atomic E-state index is -0.227. The van der Waals surface area contributed by atoms with Crippen LogP contribution >= 0.6 is 0 Å². The van der Waals surface area contributed by atoms with E-state index in [1.165, 1.54) is 7.11 Å². The molecule has 1 aliphatic rings. The minimum absolute atomic E-state index is 0.00183. The minimum Gasteiger partial charge on any atom is -0.375 e. The van der Waals surface area contributed by atoms with Crippen molar-refractivity contribution >= 4 is 23.2 Å². The van der Waals surface area contributed by atoms with Gasteiger partial charge in [-0.3, -0.25) is 9.59 Å². The number of benzene rings is 1. The van der Waals surface area contributed by atoms with Crippen LogP contribution in [0, 0.1) is 5.92 Å². The number of anilines is 2. The number of rotatable bonds is 5. The first-order chi connectivity index (χ1) is 10.1. The fourth-order valence-electron chi connectivity index (χ4n) is 2.45. The highest BCUT2D eigenvalue weighted by atomic mass is 16.5. The van der Waals surface area contributed by atoms with E-state index in [0.717, 1.165) is 13.0 Å². The van der Waals surface area contributed by atoms with Crippen molar-refractivity contribution in [2.75, 3.05) is 30.9 Å². The SMILES string of the molecule is COCC(=O)Nc1cccc(NC(=O)C2CCNC2C)c1. The fraction of sp³-hybridized carbons (Fsp3) is 0.467. The molecule has 0 radical (unpaired) electrons. The Kier molecular flexibility index (Phi) is 5.30. The van der Waals surface area contributed by atoms with E-state index in [2.05, 4.69) is 16.0 Å². The summed E-state index contributed by atoms with van der Waals surface area (Å²) in [5, 5.41) is 8.86. The Labute approximate surface area is 124 Å². The van der Waals surface area contributed by atoms with E-state index in [1.54, 1.807) is 24.3 Å². The average molecular weight is 291 g/mol. The predicted molar refractivity (Wildman–Crippen MR) is 81.1 cm³/mol. The van der Waals surface area contributed by atoms with Gasteiger partial charge in [0.15, 0.2) is 0 Å². The van der Waals surface area contributed by atoms with Gasteiger partial charge in [-0.15, -0.1) is 0 Å². The number of nitrogens with one attached hydrogen (secondary N) is 3. The summed E-state index contributed by atoms with van der Waals surface area (Å²) >= 11 is 0. The van der Waals surface area contributed by atoms with E-state index >= 15 is 0 Å². The van der Waals surface area contributed by atoms with Crippen LogP contribution in [0.1, 0.15) is 13.3 Å². The van der Waals surface area contributed by atoms with E-state index in [-0.39, 0.29) is 30.4 Å². The molecule has 2 unspecified atom stereocenters. The normalized spacial score (nSPS) is 21.0. The first-order valence-corrected chi connectivity index (χ1v) is 7.03. The molecule has 21 heavy (non-hydrogen) atoms. The van der Waals surface area contributed by atoms with Gasteiger partial charge in [0.05, 0.1) is 5.92 Å². The summed E-state index contributed by atoms with van der Waals surface area (Å²) in [6.45, 7) is 2.88. The zero-order chi connectivity index (χ0) is 15.2. The van der Waals surface area contributed by atoms with Crippen molar-refractivity contribution in [1.29, 1.82) is 0 Å². The molecule has 1 fully saturated rings. The molecule has 6 heteroatoms. The Morgan fingerprint density at radius 2 is 2.05 bits per heavy atom. The van der Waals surface area contributed by atoms with Gasteiger partial charge in [-0.05, 0) is 38.1 Å². The van der Waals surface area contributed by atoms with Crippen LogP contribution < -0.4 is 16.0 Å². The van der Waals surface area contributed by atoms with Gasteiger partial charge in [0.1, 0.15) is 6.61 Å². The predicted octanol–water partition coefficient (Wildman–Crippen LogP) is 1.21. The molecule has 0 saturated carbocycles. The number of hydrogen-bond donors (Lipinski definition) is 3. The quantitative estimate of drug-likeness (QED) is 0.762. The average Bonchev–Trinajstić information content (AvgIpc) is 2.85. The standard InChI is InChI=1S/C15H21N3O3/c1-10-13(6-7-16-10)15(20)18-12-5-3-4-11(8-12)17-14(19)9-21-2/h3-5,8,10,13,16H,6-7,9H2,1-2H3,(H,17,19)(H,18,20). The van der Waals surface area contributed by atoms with Crippen molar-refractivity contribution in [2.24, 2.45) is 5.92 Å². The number of ether oxygens (including phenoxy) is 1. The lowest BCUT2D eigenvalue weighted by Gasteiger charge is -2.15. The summed E-state index contributed by atoms with van der Waals surface area (Å²) in [6.07, 6.45) is 0.845. The first kappa shape index (κ1) is 15.5. The Morgan fingerprint density at radius 3 is 2.67 bits per heavy atom. The molecule has 0 bridgehead atoms. The summed E-state index contributed by atoms with van der Waals surface area (Å²) in [7, 11) is 1.47. The second-order valence-electron chi connectivity index (χ2n) is 5.19. The zero-order valence-corrected chi connectivity index (χ0v) is 12.3. The number of amides is 2. The number of carbonyl (C=O) groups excluding carboxylic acids is 2. The molecule has 2 amide bonds. The molecule has 2 atom stereocenters. The smallest absolute Gasteiger partial charge is 0.250 e. The molecule has 2 rings (SSSR count). The topological polar surface area (TPSA) is 79.5 Å². The molecule has 6 nitrogen and oxygen atoms in total. The van der Waals surface area contributed by atoms with Crippen LogP contribution in [0.25, 0.3) is 0 Å². The summed E-state index contributed by atoms with van der Waals surface area (Å²) in [5.74, 6) is -0.237. The molecule has 0 spiro atoms. The highest BCUT2D eigenvalue weighted by Crippen LogP contribution is 2.20. The van der Waals surface area contributed by atoms with Gasteiger partial charge in [-0.1, -0.05) is 6.07 Å². The molecule has 114 valence electrons. The van der Waals surface area contributed by atoms with Crippen molar-refractivity contribution in [3.8, 4) is 0 Å². The van der Waals surface area contributed by atoms with Crippen LogP contribution in [0.3, 0.4) is 0 Å². The molecular weight excluding hydrogens is 270 g/mol. The fourth-order valence-corrected chi connectivity index (χ4v) is 2.45. The van der Waals surface area contributed by atoms with Crippen molar-refractivity contribution in [1.82, 2.24) is 5.32 Å². The van der Waals surface area contributed by atoms with Gasteiger partial charge in [-0.2, -0.15) is 0 Å². The van der Waals surface area contributed by atoms with E-state index in [4.69, 9.17) is 4.74 Å². The van der Waals surface area contributed by atoms with Gasteiger partial charge in [0, 0.05) is 24.5 Å². The maximum absolute atomic E-state index is 12.2. The number of hydrogen-bond acceptors (Lipinski definition) is 4. The van der Waals surface area contributed by atoms with Crippen LogP contribution in [0.4, 0.5) is 11.4 Å². The lowest BCUT2D eigenvalue weighted by atomic mass is 10.0. The Balaban J connectivity index is 1.97. The van der Waals surface area contributed by atoms with Gasteiger partial charge >= 0.3 is 0 Å². The van der Waals surface area contributed by atoms with E-state index in [1.807, 2.05) is 6.92 Å². The summed E-state index contributed by atoms with van der Waals surface area (Å²) in [4.78, 5) is 23.7. The molecule has 1 aromatic carbocycles. The Bertz CT molecular complexity index is 519. The van der Waals surface area contributed by atoms with Crippen LogP contribution in [-0.4, -0.2) is 38.1 Å². The van der Waals surface area contributed by atoms with Crippen molar-refractivity contribution in [2.45, 2.75) is 19.4 Å².